The molecule has 0 saturated heterocycles. The van der Waals surface area contributed by atoms with Crippen LogP contribution in [-0.4, -0.2) is 15.0 Å². The number of hydrogen-bond donors (Lipinski definition) is 1. The molecule has 0 amide bonds. The van der Waals surface area contributed by atoms with Crippen LogP contribution in [0.4, 0.5) is 5.69 Å². The van der Waals surface area contributed by atoms with Crippen molar-refractivity contribution in [1.29, 1.82) is 0 Å². The van der Waals surface area contributed by atoms with Crippen molar-refractivity contribution in [1.82, 2.24) is 4.98 Å². The van der Waals surface area contributed by atoms with Crippen molar-refractivity contribution < 1.29 is 10.0 Å². The fourth-order valence-corrected chi connectivity index (χ4v) is 3.16. The maximum atomic E-state index is 10.9. The van der Waals surface area contributed by atoms with Gasteiger partial charge in [-0.25, -0.2) is 4.98 Å². The van der Waals surface area contributed by atoms with Gasteiger partial charge in [0.05, 0.1) is 16.0 Å². The average molecular weight is 330 g/mol. The minimum Gasteiger partial charge on any atom is -0.502 e. The molecule has 0 atom stereocenters. The van der Waals surface area contributed by atoms with Gasteiger partial charge in [0.2, 0.25) is 0 Å². The van der Waals surface area contributed by atoms with E-state index in [0.29, 0.717) is 6.42 Å². The van der Waals surface area contributed by atoms with E-state index in [1.54, 1.807) is 6.07 Å². The van der Waals surface area contributed by atoms with Crippen LogP contribution in [0.3, 0.4) is 0 Å². The van der Waals surface area contributed by atoms with Crippen molar-refractivity contribution in [2.24, 2.45) is 0 Å². The molecule has 122 valence electrons. The minimum absolute atomic E-state index is 0.284. The van der Waals surface area contributed by atoms with Crippen molar-refractivity contribution in [3.8, 4) is 5.75 Å². The van der Waals surface area contributed by atoms with Crippen molar-refractivity contribution in [3.63, 3.8) is 0 Å². The van der Waals surface area contributed by atoms with Crippen LogP contribution in [0.25, 0.3) is 21.8 Å². The van der Waals surface area contributed by atoms with Gasteiger partial charge in [-0.2, -0.15) is 0 Å². The van der Waals surface area contributed by atoms with E-state index in [1.165, 1.54) is 12.1 Å². The third kappa shape index (κ3) is 2.65. The molecule has 5 nitrogen and oxygen atoms in total. The van der Waals surface area contributed by atoms with Crippen LogP contribution in [0, 0.1) is 10.1 Å². The Labute approximate surface area is 143 Å². The Bertz CT molecular complexity index is 1070. The molecule has 0 aliphatic carbocycles. The van der Waals surface area contributed by atoms with Crippen molar-refractivity contribution in [2.45, 2.75) is 6.42 Å². The second-order valence-corrected chi connectivity index (χ2v) is 5.88. The van der Waals surface area contributed by atoms with E-state index in [4.69, 9.17) is 4.98 Å². The van der Waals surface area contributed by atoms with Gasteiger partial charge in [0.25, 0.3) is 0 Å². The average Bonchev–Trinajstić information content (AvgIpc) is 2.61. The van der Waals surface area contributed by atoms with Gasteiger partial charge in [-0.3, -0.25) is 10.1 Å². The fraction of sp³-hybridized carbons (Fsp3) is 0.0500. The Kier molecular flexibility index (Phi) is 3.54. The molecule has 1 heterocycles. The summed E-state index contributed by atoms with van der Waals surface area (Å²) >= 11 is 0. The number of pyridine rings is 1. The van der Waals surface area contributed by atoms with E-state index >= 15 is 0 Å². The van der Waals surface area contributed by atoms with Crippen molar-refractivity contribution in [3.05, 3.63) is 88.0 Å². The molecule has 0 bridgehead atoms. The standard InChI is InChI=1S/C20H14N2O3/c23-20-12-13(9-10-19(20)22(24)25)11-16-14-5-1-3-7-17(14)21-18-8-4-2-6-15(16)18/h1-10,12,23H,11H2. The highest BCUT2D eigenvalue weighted by molar-refractivity contribution is 5.97. The second kappa shape index (κ2) is 5.87. The van der Waals surface area contributed by atoms with E-state index < -0.39 is 4.92 Å². The molecule has 0 fully saturated rings. The predicted octanol–water partition coefficient (Wildman–Crippen LogP) is 4.59. The van der Waals surface area contributed by atoms with E-state index in [-0.39, 0.29) is 11.4 Å². The van der Waals surface area contributed by atoms with Crippen LogP contribution in [0.1, 0.15) is 11.1 Å². The summed E-state index contributed by atoms with van der Waals surface area (Å²) in [5.74, 6) is -0.315. The Morgan fingerprint density at radius 1 is 0.920 bits per heavy atom. The number of phenols is 1. The molecule has 1 N–H and O–H groups in total. The number of phenolic OH excluding ortho intramolecular Hbond substituents is 1. The number of aromatic nitrogens is 1. The van der Waals surface area contributed by atoms with Crippen LogP contribution < -0.4 is 0 Å². The first-order valence-electron chi connectivity index (χ1n) is 7.86. The molecular formula is C20H14N2O3. The number of aromatic hydroxyl groups is 1. The molecule has 25 heavy (non-hydrogen) atoms. The molecule has 1 aromatic heterocycles. The molecule has 4 rings (SSSR count). The number of nitro groups is 1. The van der Waals surface area contributed by atoms with E-state index in [9.17, 15) is 15.2 Å². The monoisotopic (exact) mass is 330 g/mol. The molecule has 0 aliphatic heterocycles. The highest BCUT2D eigenvalue weighted by Crippen LogP contribution is 2.31. The van der Waals surface area contributed by atoms with Crippen LogP contribution in [-0.2, 0) is 6.42 Å². The lowest BCUT2D eigenvalue weighted by atomic mass is 9.96. The lowest BCUT2D eigenvalue weighted by molar-refractivity contribution is -0.385. The van der Waals surface area contributed by atoms with Gasteiger partial charge >= 0.3 is 5.69 Å². The second-order valence-electron chi connectivity index (χ2n) is 5.88. The van der Waals surface area contributed by atoms with Gasteiger partial charge in [-0.15, -0.1) is 0 Å². The molecular weight excluding hydrogens is 316 g/mol. The molecule has 5 heteroatoms. The number of benzene rings is 3. The number of rotatable bonds is 3. The van der Waals surface area contributed by atoms with Crippen molar-refractivity contribution in [2.75, 3.05) is 0 Å². The Hall–Kier alpha value is -3.47. The summed E-state index contributed by atoms with van der Waals surface area (Å²) in [6, 6.07) is 20.3. The maximum Gasteiger partial charge on any atom is 0.310 e. The van der Waals surface area contributed by atoms with Crippen LogP contribution in [0.5, 0.6) is 5.75 Å². The van der Waals surface area contributed by atoms with E-state index in [0.717, 1.165) is 32.9 Å². The van der Waals surface area contributed by atoms with Crippen LogP contribution >= 0.6 is 0 Å². The molecule has 0 unspecified atom stereocenters. The van der Waals surface area contributed by atoms with Gasteiger partial charge in [-0.05, 0) is 35.7 Å². The first-order valence-corrected chi connectivity index (χ1v) is 7.86. The zero-order valence-electron chi connectivity index (χ0n) is 13.2. The van der Waals surface area contributed by atoms with E-state index in [2.05, 4.69) is 0 Å². The van der Waals surface area contributed by atoms with Crippen LogP contribution in [0.2, 0.25) is 0 Å². The predicted molar refractivity (Wildman–Crippen MR) is 96.8 cm³/mol. The quantitative estimate of drug-likeness (QED) is 0.338. The van der Waals surface area contributed by atoms with Crippen molar-refractivity contribution >= 4 is 27.5 Å². The van der Waals surface area contributed by atoms with Crippen LogP contribution in [0.15, 0.2) is 66.7 Å². The Morgan fingerprint density at radius 2 is 1.52 bits per heavy atom. The van der Waals surface area contributed by atoms with Gasteiger partial charge in [-0.1, -0.05) is 42.5 Å². The molecule has 0 spiro atoms. The molecule has 0 saturated carbocycles. The topological polar surface area (TPSA) is 76.3 Å². The maximum absolute atomic E-state index is 10.9. The smallest absolute Gasteiger partial charge is 0.310 e. The molecule has 0 aliphatic rings. The lowest BCUT2D eigenvalue weighted by Gasteiger charge is -2.11. The SMILES string of the molecule is O=[N+]([O-])c1ccc(Cc2c3ccccc3nc3ccccc23)cc1O. The van der Waals surface area contributed by atoms with Gasteiger partial charge in [0.1, 0.15) is 0 Å². The van der Waals surface area contributed by atoms with Gasteiger partial charge in [0.15, 0.2) is 5.75 Å². The first-order chi connectivity index (χ1) is 12.1. The Morgan fingerprint density at radius 3 is 2.08 bits per heavy atom. The zero-order chi connectivity index (χ0) is 17.4. The highest BCUT2D eigenvalue weighted by atomic mass is 16.6. The molecule has 3 aromatic carbocycles. The summed E-state index contributed by atoms with van der Waals surface area (Å²) in [6.07, 6.45) is 0.551. The summed E-state index contributed by atoms with van der Waals surface area (Å²) in [5, 5.41) is 22.9. The van der Waals surface area contributed by atoms with Gasteiger partial charge in [0, 0.05) is 16.8 Å². The summed E-state index contributed by atoms with van der Waals surface area (Å²) in [6.45, 7) is 0. The zero-order valence-corrected chi connectivity index (χ0v) is 13.2. The summed E-state index contributed by atoms with van der Waals surface area (Å²) in [4.78, 5) is 15.0. The lowest BCUT2D eigenvalue weighted by Crippen LogP contribution is -1.96. The third-order valence-corrected chi connectivity index (χ3v) is 4.32. The normalized spacial score (nSPS) is 11.0. The molecule has 4 aromatic rings. The third-order valence-electron chi connectivity index (χ3n) is 4.32. The number of nitrogens with zero attached hydrogens (tertiary/aromatic N) is 2. The minimum atomic E-state index is -0.587. The summed E-state index contributed by atoms with van der Waals surface area (Å²) < 4.78 is 0. The largest absolute Gasteiger partial charge is 0.502 e. The number of hydrogen-bond acceptors (Lipinski definition) is 4. The Balaban J connectivity index is 1.90. The van der Waals surface area contributed by atoms with E-state index in [1.807, 2.05) is 48.5 Å². The number of nitro benzene ring substituents is 1. The fourth-order valence-electron chi connectivity index (χ4n) is 3.16. The number of fused-ring (bicyclic) bond motifs is 2. The first kappa shape index (κ1) is 15.1. The summed E-state index contributed by atoms with van der Waals surface area (Å²) in [7, 11) is 0. The number of para-hydroxylation sites is 2. The summed E-state index contributed by atoms with van der Waals surface area (Å²) in [5.41, 5.74) is 3.43. The van der Waals surface area contributed by atoms with Gasteiger partial charge < -0.3 is 5.11 Å². The highest BCUT2D eigenvalue weighted by Gasteiger charge is 2.15. The molecule has 0 radical (unpaired) electrons.